The molecule has 5 N–H and O–H groups in total. The molecule has 0 aliphatic rings. The van der Waals surface area contributed by atoms with Crippen LogP contribution >= 0.6 is 15.9 Å². The summed E-state index contributed by atoms with van der Waals surface area (Å²) in [6, 6.07) is 7.85. The Morgan fingerprint density at radius 3 is 2.83 bits per heavy atom. The first kappa shape index (κ1) is 15.9. The molecule has 0 saturated carbocycles. The van der Waals surface area contributed by atoms with Crippen molar-refractivity contribution in [2.24, 2.45) is 5.73 Å². The Morgan fingerprint density at radius 2 is 2.12 bits per heavy atom. The van der Waals surface area contributed by atoms with E-state index in [9.17, 15) is 9.18 Å². The summed E-state index contributed by atoms with van der Waals surface area (Å²) < 4.78 is 19.6. The number of hydrogen-bond donors (Lipinski definition) is 3. The number of amides is 1. The summed E-state index contributed by atoms with van der Waals surface area (Å²) in [5.41, 5.74) is 12.0. The molecule has 0 radical (unpaired) electrons. The van der Waals surface area contributed by atoms with E-state index in [1.54, 1.807) is 18.2 Å². The lowest BCUT2D eigenvalue weighted by Gasteiger charge is -2.06. The zero-order valence-electron chi connectivity index (χ0n) is 12.1. The number of rotatable bonds is 3. The van der Waals surface area contributed by atoms with Crippen LogP contribution in [-0.4, -0.2) is 21.0 Å². The summed E-state index contributed by atoms with van der Waals surface area (Å²) in [7, 11) is 0. The van der Waals surface area contributed by atoms with Gasteiger partial charge in [0.25, 0.3) is 0 Å². The van der Waals surface area contributed by atoms with Crippen LogP contribution in [0, 0.1) is 5.82 Å². The molecule has 0 fully saturated rings. The van der Waals surface area contributed by atoms with Gasteiger partial charge in [0.05, 0.1) is 21.6 Å². The standard InChI is InChI=1S/C15H11BrFN5O2/c16-8-3-1-2-7(12(8)17)13-11(24-15(19)23)6-10(21-13)9-4-5-20-14(18)22-9/h1-6,21H,(H2,19,23)(H2,18,20,22). The highest BCUT2D eigenvalue weighted by Crippen LogP contribution is 2.37. The molecule has 0 spiro atoms. The van der Waals surface area contributed by atoms with Gasteiger partial charge in [-0.05, 0) is 34.1 Å². The van der Waals surface area contributed by atoms with Crippen LogP contribution < -0.4 is 16.2 Å². The molecule has 3 rings (SSSR count). The minimum absolute atomic E-state index is 0.0756. The topological polar surface area (TPSA) is 120 Å². The molecule has 2 heterocycles. The minimum atomic E-state index is -1.01. The van der Waals surface area contributed by atoms with Crippen LogP contribution in [0.4, 0.5) is 15.1 Å². The quantitative estimate of drug-likeness (QED) is 0.633. The van der Waals surface area contributed by atoms with Crippen LogP contribution in [0.1, 0.15) is 0 Å². The third kappa shape index (κ3) is 3.06. The maximum atomic E-state index is 14.4. The Balaban J connectivity index is 2.17. The molecule has 1 aromatic carbocycles. The second-order valence-electron chi connectivity index (χ2n) is 4.74. The lowest BCUT2D eigenvalue weighted by Crippen LogP contribution is -2.16. The molecule has 0 atom stereocenters. The number of carbonyl (C=O) groups is 1. The van der Waals surface area contributed by atoms with E-state index in [1.165, 1.54) is 18.3 Å². The first-order valence-electron chi connectivity index (χ1n) is 6.69. The lowest BCUT2D eigenvalue weighted by molar-refractivity contribution is 0.211. The largest absolute Gasteiger partial charge is 0.410 e. The smallest absolute Gasteiger partial charge is 0.408 e. The van der Waals surface area contributed by atoms with Gasteiger partial charge in [-0.1, -0.05) is 6.07 Å². The van der Waals surface area contributed by atoms with Crippen LogP contribution in [0.25, 0.3) is 22.6 Å². The maximum absolute atomic E-state index is 14.4. The van der Waals surface area contributed by atoms with E-state index < -0.39 is 11.9 Å². The number of primary amides is 1. The SMILES string of the molecule is NC(=O)Oc1cc(-c2ccnc(N)n2)[nH]c1-c1cccc(Br)c1F. The molecule has 1 amide bonds. The fourth-order valence-electron chi connectivity index (χ4n) is 2.18. The van der Waals surface area contributed by atoms with Crippen molar-refractivity contribution < 1.29 is 13.9 Å². The summed E-state index contributed by atoms with van der Waals surface area (Å²) in [6.07, 6.45) is 0.464. The van der Waals surface area contributed by atoms with Gasteiger partial charge in [-0.3, -0.25) is 0 Å². The molecule has 3 aromatic rings. The van der Waals surface area contributed by atoms with Gasteiger partial charge in [-0.25, -0.2) is 19.2 Å². The van der Waals surface area contributed by atoms with Crippen LogP contribution in [0.15, 0.2) is 41.0 Å². The van der Waals surface area contributed by atoms with Gasteiger partial charge in [0.2, 0.25) is 5.95 Å². The number of nitrogens with two attached hydrogens (primary N) is 2. The molecule has 9 heteroatoms. The maximum Gasteiger partial charge on any atom is 0.410 e. The monoisotopic (exact) mass is 391 g/mol. The van der Waals surface area contributed by atoms with Crippen molar-refractivity contribution >= 4 is 28.0 Å². The normalized spacial score (nSPS) is 10.6. The number of halogens is 2. The van der Waals surface area contributed by atoms with Gasteiger partial charge in [-0.15, -0.1) is 0 Å². The fourth-order valence-corrected chi connectivity index (χ4v) is 2.55. The van der Waals surface area contributed by atoms with E-state index in [0.717, 1.165) is 0 Å². The number of nitrogens with one attached hydrogen (secondary N) is 1. The van der Waals surface area contributed by atoms with Crippen LogP contribution in [0.2, 0.25) is 0 Å². The highest BCUT2D eigenvalue weighted by atomic mass is 79.9. The van der Waals surface area contributed by atoms with Gasteiger partial charge in [0, 0.05) is 17.8 Å². The number of nitrogens with zero attached hydrogens (tertiary/aromatic N) is 2. The second-order valence-corrected chi connectivity index (χ2v) is 5.60. The summed E-state index contributed by atoms with van der Waals surface area (Å²) in [6.45, 7) is 0. The van der Waals surface area contributed by atoms with Crippen molar-refractivity contribution in [2.45, 2.75) is 0 Å². The van der Waals surface area contributed by atoms with E-state index in [0.29, 0.717) is 11.4 Å². The third-order valence-corrected chi connectivity index (χ3v) is 3.78. The van der Waals surface area contributed by atoms with Gasteiger partial charge >= 0.3 is 6.09 Å². The minimum Gasteiger partial charge on any atom is -0.408 e. The highest BCUT2D eigenvalue weighted by molar-refractivity contribution is 9.10. The van der Waals surface area contributed by atoms with Gasteiger partial charge in [0.15, 0.2) is 5.75 Å². The lowest BCUT2D eigenvalue weighted by atomic mass is 10.1. The van der Waals surface area contributed by atoms with E-state index in [1.807, 2.05) is 0 Å². The first-order valence-corrected chi connectivity index (χ1v) is 7.48. The van der Waals surface area contributed by atoms with Gasteiger partial charge in [-0.2, -0.15) is 0 Å². The molecule has 0 unspecified atom stereocenters. The predicted molar refractivity (Wildman–Crippen MR) is 89.5 cm³/mol. The zero-order valence-corrected chi connectivity index (χ0v) is 13.7. The summed E-state index contributed by atoms with van der Waals surface area (Å²) in [5.74, 6) is -0.358. The van der Waals surface area contributed by atoms with Gasteiger partial charge < -0.3 is 21.2 Å². The number of carbonyl (C=O) groups excluding carboxylic acids is 1. The molecule has 0 aliphatic carbocycles. The molecule has 0 bridgehead atoms. The third-order valence-electron chi connectivity index (χ3n) is 3.16. The Morgan fingerprint density at radius 1 is 1.33 bits per heavy atom. The summed E-state index contributed by atoms with van der Waals surface area (Å²) in [5, 5.41) is 0. The summed E-state index contributed by atoms with van der Waals surface area (Å²) in [4.78, 5) is 22.0. The number of anilines is 1. The predicted octanol–water partition coefficient (Wildman–Crippen LogP) is 3.08. The number of benzene rings is 1. The van der Waals surface area contributed by atoms with Crippen molar-refractivity contribution in [3.05, 3.63) is 46.8 Å². The molecule has 2 aromatic heterocycles. The van der Waals surface area contributed by atoms with E-state index in [-0.39, 0.29) is 27.4 Å². The average Bonchev–Trinajstić information content (AvgIpc) is 2.93. The molecular formula is C15H11BrFN5O2. The van der Waals surface area contributed by atoms with Crippen LogP contribution in [0.5, 0.6) is 5.75 Å². The molecule has 24 heavy (non-hydrogen) atoms. The Labute approximate surface area is 144 Å². The molecule has 7 nitrogen and oxygen atoms in total. The number of aromatic amines is 1. The highest BCUT2D eigenvalue weighted by Gasteiger charge is 2.19. The number of H-pyrrole nitrogens is 1. The van der Waals surface area contributed by atoms with Crippen molar-refractivity contribution in [3.63, 3.8) is 0 Å². The van der Waals surface area contributed by atoms with E-state index in [2.05, 4.69) is 30.9 Å². The van der Waals surface area contributed by atoms with E-state index in [4.69, 9.17) is 16.2 Å². The average molecular weight is 392 g/mol. The molecule has 0 aliphatic heterocycles. The summed E-state index contributed by atoms with van der Waals surface area (Å²) >= 11 is 3.12. The Hall–Kier alpha value is -2.94. The number of aromatic nitrogens is 3. The zero-order chi connectivity index (χ0) is 17.3. The number of nitrogen functional groups attached to an aromatic ring is 1. The number of hydrogen-bond acceptors (Lipinski definition) is 5. The van der Waals surface area contributed by atoms with E-state index >= 15 is 0 Å². The fraction of sp³-hybridized carbons (Fsp3) is 0. The van der Waals surface area contributed by atoms with Crippen molar-refractivity contribution in [3.8, 4) is 28.4 Å². The van der Waals surface area contributed by atoms with Gasteiger partial charge in [0.1, 0.15) is 5.82 Å². The molecular weight excluding hydrogens is 381 g/mol. The number of ether oxygens (including phenoxy) is 1. The van der Waals surface area contributed by atoms with Crippen LogP contribution in [-0.2, 0) is 0 Å². The first-order chi connectivity index (χ1) is 11.5. The Bertz CT molecular complexity index is 928. The molecule has 0 saturated heterocycles. The second kappa shape index (κ2) is 6.28. The molecule has 122 valence electrons. The Kier molecular flexibility index (Phi) is 4.17. The van der Waals surface area contributed by atoms with Crippen molar-refractivity contribution in [2.75, 3.05) is 5.73 Å². The van der Waals surface area contributed by atoms with Crippen molar-refractivity contribution in [1.82, 2.24) is 15.0 Å². The van der Waals surface area contributed by atoms with Crippen molar-refractivity contribution in [1.29, 1.82) is 0 Å². The van der Waals surface area contributed by atoms with Crippen LogP contribution in [0.3, 0.4) is 0 Å².